The van der Waals surface area contributed by atoms with Crippen molar-refractivity contribution in [3.05, 3.63) is 76.3 Å². The molecule has 0 unspecified atom stereocenters. The van der Waals surface area contributed by atoms with Gasteiger partial charge in [-0.1, -0.05) is 41.6 Å². The smallest absolute Gasteiger partial charge is 0.326 e. The number of thiazole rings is 1. The number of nitrogens with zero attached hydrogens (tertiary/aromatic N) is 1. The topological polar surface area (TPSA) is 42.0 Å². The Kier molecular flexibility index (Phi) is 6.41. The Morgan fingerprint density at radius 1 is 1.11 bits per heavy atom. The third kappa shape index (κ3) is 5.84. The number of halogens is 3. The molecule has 0 saturated carbocycles. The van der Waals surface area contributed by atoms with E-state index in [1.165, 1.54) is 34.6 Å². The molecular weight excluding hydrogens is 405 g/mol. The van der Waals surface area contributed by atoms with Crippen molar-refractivity contribution in [1.29, 1.82) is 0 Å². The molecule has 3 nitrogen and oxygen atoms in total. The van der Waals surface area contributed by atoms with E-state index in [0.29, 0.717) is 11.4 Å². The van der Waals surface area contributed by atoms with Crippen LogP contribution in [0.5, 0.6) is 0 Å². The lowest BCUT2D eigenvalue weighted by atomic mass is 10.2. The highest BCUT2D eigenvalue weighted by Gasteiger charge is 2.29. The minimum atomic E-state index is -4.39. The van der Waals surface area contributed by atoms with Gasteiger partial charge in [0.1, 0.15) is 4.34 Å². The Balaban J connectivity index is 1.51. The Labute approximate surface area is 169 Å². The summed E-state index contributed by atoms with van der Waals surface area (Å²) in [6, 6.07) is 12.7. The number of benzene rings is 2. The Morgan fingerprint density at radius 2 is 1.79 bits per heavy atom. The van der Waals surface area contributed by atoms with E-state index >= 15 is 0 Å². The van der Waals surface area contributed by atoms with Crippen molar-refractivity contribution in [2.45, 2.75) is 29.6 Å². The molecule has 0 atom stereocenters. The number of hydrogen-bond acceptors (Lipinski definition) is 4. The van der Waals surface area contributed by atoms with Gasteiger partial charge in [0.15, 0.2) is 0 Å². The van der Waals surface area contributed by atoms with E-state index < -0.39 is 11.7 Å². The number of rotatable bonds is 6. The third-order valence-electron chi connectivity index (χ3n) is 3.85. The van der Waals surface area contributed by atoms with Crippen molar-refractivity contribution in [2.24, 2.45) is 0 Å². The average molecular weight is 422 g/mol. The summed E-state index contributed by atoms with van der Waals surface area (Å²) in [7, 11) is 0. The third-order valence-corrected chi connectivity index (χ3v) is 5.99. The summed E-state index contributed by atoms with van der Waals surface area (Å²) in [5, 5.41) is 4.42. The molecule has 0 aliphatic rings. The first-order valence-electron chi connectivity index (χ1n) is 8.39. The van der Waals surface area contributed by atoms with Crippen LogP contribution in [-0.4, -0.2) is 10.9 Å². The van der Waals surface area contributed by atoms with Gasteiger partial charge in [0.2, 0.25) is 5.91 Å². The van der Waals surface area contributed by atoms with Crippen molar-refractivity contribution < 1.29 is 18.0 Å². The molecule has 0 aliphatic heterocycles. The number of hydrogen-bond donors (Lipinski definition) is 1. The van der Waals surface area contributed by atoms with Crippen LogP contribution in [0.25, 0.3) is 0 Å². The fraction of sp³-hybridized carbons (Fsp3) is 0.200. The molecule has 8 heteroatoms. The minimum absolute atomic E-state index is 0.0720. The molecule has 146 valence electrons. The Bertz CT molecular complexity index is 935. The van der Waals surface area contributed by atoms with Crippen LogP contribution in [-0.2, 0) is 23.1 Å². The van der Waals surface area contributed by atoms with Crippen LogP contribution in [0.3, 0.4) is 0 Å². The largest absolute Gasteiger partial charge is 0.416 e. The van der Waals surface area contributed by atoms with Crippen LogP contribution < -0.4 is 5.32 Å². The van der Waals surface area contributed by atoms with Gasteiger partial charge in [-0.15, -0.1) is 11.3 Å². The predicted octanol–water partition coefficient (Wildman–Crippen LogP) is 5.94. The molecule has 0 aliphatic carbocycles. The van der Waals surface area contributed by atoms with E-state index in [4.69, 9.17) is 0 Å². The Morgan fingerprint density at radius 3 is 2.43 bits per heavy atom. The van der Waals surface area contributed by atoms with Gasteiger partial charge >= 0.3 is 6.18 Å². The number of carbonyl (C=O) groups is 1. The fourth-order valence-corrected chi connectivity index (χ4v) is 4.18. The molecular formula is C20H17F3N2OS2. The highest BCUT2D eigenvalue weighted by Crippen LogP contribution is 2.30. The number of thioether (sulfide) groups is 1. The maximum absolute atomic E-state index is 12.6. The number of amides is 1. The molecule has 0 fully saturated rings. The fourth-order valence-electron chi connectivity index (χ4n) is 2.38. The van der Waals surface area contributed by atoms with Gasteiger partial charge in [0.05, 0.1) is 17.7 Å². The Hall–Kier alpha value is -2.32. The van der Waals surface area contributed by atoms with E-state index in [1.54, 1.807) is 11.8 Å². The van der Waals surface area contributed by atoms with Gasteiger partial charge in [-0.05, 0) is 36.8 Å². The molecule has 0 spiro atoms. The highest BCUT2D eigenvalue weighted by atomic mass is 32.2. The second-order valence-electron chi connectivity index (χ2n) is 6.18. The van der Waals surface area contributed by atoms with E-state index in [-0.39, 0.29) is 12.3 Å². The molecule has 3 aromatic rings. The van der Waals surface area contributed by atoms with Gasteiger partial charge < -0.3 is 5.32 Å². The van der Waals surface area contributed by atoms with Gasteiger partial charge in [-0.3, -0.25) is 4.79 Å². The summed E-state index contributed by atoms with van der Waals surface area (Å²) in [6.07, 6.45) is -4.32. The van der Waals surface area contributed by atoms with Crippen LogP contribution in [0.1, 0.15) is 22.4 Å². The van der Waals surface area contributed by atoms with Gasteiger partial charge in [-0.2, -0.15) is 13.2 Å². The second-order valence-corrected chi connectivity index (χ2v) is 8.26. The van der Waals surface area contributed by atoms with Crippen molar-refractivity contribution in [3.63, 3.8) is 0 Å². The zero-order valence-electron chi connectivity index (χ0n) is 14.9. The lowest BCUT2D eigenvalue weighted by Crippen LogP contribution is -2.15. The standard InChI is InChI=1S/C20H17F3N2OS2/c1-13-2-4-14(5-3-13)11-27-19-25-17(12-28-19)10-18(26)24-16-8-6-15(7-9-16)20(21,22)23/h2-9,12H,10-11H2,1H3,(H,24,26). The number of aromatic nitrogens is 1. The average Bonchev–Trinajstić information content (AvgIpc) is 3.08. The maximum Gasteiger partial charge on any atom is 0.416 e. The molecule has 2 aromatic carbocycles. The summed E-state index contributed by atoms with van der Waals surface area (Å²) in [5.41, 5.74) is 2.63. The van der Waals surface area contributed by atoms with Crippen LogP contribution in [0.4, 0.5) is 18.9 Å². The first-order chi connectivity index (χ1) is 13.3. The van der Waals surface area contributed by atoms with Crippen molar-refractivity contribution in [2.75, 3.05) is 5.32 Å². The number of aryl methyl sites for hydroxylation is 1. The van der Waals surface area contributed by atoms with Gasteiger partial charge in [-0.25, -0.2) is 4.98 Å². The number of alkyl halides is 3. The number of anilines is 1. The van der Waals surface area contributed by atoms with Crippen LogP contribution in [0, 0.1) is 6.92 Å². The summed E-state index contributed by atoms with van der Waals surface area (Å²) in [5.74, 6) is 0.477. The molecule has 1 amide bonds. The van der Waals surface area contributed by atoms with Crippen LogP contribution >= 0.6 is 23.1 Å². The molecule has 1 heterocycles. The summed E-state index contributed by atoms with van der Waals surface area (Å²) in [4.78, 5) is 16.6. The van der Waals surface area contributed by atoms with Crippen molar-refractivity contribution in [3.8, 4) is 0 Å². The number of carbonyl (C=O) groups excluding carboxylic acids is 1. The van der Waals surface area contributed by atoms with Crippen LogP contribution in [0.15, 0.2) is 58.3 Å². The van der Waals surface area contributed by atoms with E-state index in [0.717, 1.165) is 22.2 Å². The monoisotopic (exact) mass is 422 g/mol. The SMILES string of the molecule is Cc1ccc(CSc2nc(CC(=O)Nc3ccc(C(F)(F)F)cc3)cs2)cc1. The normalized spacial score (nSPS) is 11.4. The molecule has 1 aromatic heterocycles. The molecule has 0 saturated heterocycles. The van der Waals surface area contributed by atoms with Gasteiger partial charge in [0.25, 0.3) is 0 Å². The van der Waals surface area contributed by atoms with Gasteiger partial charge in [0, 0.05) is 16.8 Å². The highest BCUT2D eigenvalue weighted by molar-refractivity contribution is 8.00. The van der Waals surface area contributed by atoms with E-state index in [2.05, 4.69) is 34.6 Å². The van der Waals surface area contributed by atoms with Crippen molar-refractivity contribution >= 4 is 34.7 Å². The maximum atomic E-state index is 12.6. The lowest BCUT2D eigenvalue weighted by molar-refractivity contribution is -0.137. The molecule has 28 heavy (non-hydrogen) atoms. The first-order valence-corrected chi connectivity index (χ1v) is 10.3. The zero-order valence-corrected chi connectivity index (χ0v) is 16.5. The van der Waals surface area contributed by atoms with Crippen molar-refractivity contribution in [1.82, 2.24) is 4.98 Å². The number of nitrogens with one attached hydrogen (secondary N) is 1. The molecule has 1 N–H and O–H groups in total. The van der Waals surface area contributed by atoms with E-state index in [1.807, 2.05) is 12.3 Å². The quantitative estimate of drug-likeness (QED) is 0.500. The summed E-state index contributed by atoms with van der Waals surface area (Å²) >= 11 is 3.08. The first kappa shape index (κ1) is 20.4. The molecule has 3 rings (SSSR count). The predicted molar refractivity (Wildman–Crippen MR) is 107 cm³/mol. The molecule has 0 radical (unpaired) electrons. The zero-order chi connectivity index (χ0) is 20.1. The van der Waals surface area contributed by atoms with Crippen LogP contribution in [0.2, 0.25) is 0 Å². The lowest BCUT2D eigenvalue weighted by Gasteiger charge is -2.08. The van der Waals surface area contributed by atoms with E-state index in [9.17, 15) is 18.0 Å². The summed E-state index contributed by atoms with van der Waals surface area (Å²) in [6.45, 7) is 2.04. The minimum Gasteiger partial charge on any atom is -0.326 e. The molecule has 0 bridgehead atoms. The summed E-state index contributed by atoms with van der Waals surface area (Å²) < 4.78 is 38.6. The second kappa shape index (κ2) is 8.79.